The van der Waals surface area contributed by atoms with Crippen molar-refractivity contribution in [1.29, 1.82) is 0 Å². The average Bonchev–Trinajstić information content (AvgIpc) is 3.56. The molecule has 9 heteroatoms. The van der Waals surface area contributed by atoms with Gasteiger partial charge in [0.1, 0.15) is 18.0 Å². The van der Waals surface area contributed by atoms with Gasteiger partial charge in [-0.2, -0.15) is 0 Å². The van der Waals surface area contributed by atoms with E-state index in [0.29, 0.717) is 18.2 Å². The highest BCUT2D eigenvalue weighted by atomic mass is 19.2. The molecule has 0 spiro atoms. The number of likely N-dealkylation sites (tertiary alicyclic amines) is 1. The summed E-state index contributed by atoms with van der Waals surface area (Å²) in [6, 6.07) is 9.37. The van der Waals surface area contributed by atoms with Gasteiger partial charge in [0.05, 0.1) is 0 Å². The maximum atomic E-state index is 14.2. The monoisotopic (exact) mass is 527 g/mol. The van der Waals surface area contributed by atoms with Gasteiger partial charge in [0.25, 0.3) is 0 Å². The van der Waals surface area contributed by atoms with E-state index >= 15 is 0 Å². The van der Waals surface area contributed by atoms with E-state index < -0.39 is 35.9 Å². The molecule has 3 atom stereocenters. The van der Waals surface area contributed by atoms with Crippen molar-refractivity contribution < 1.29 is 27.5 Å². The number of amides is 3. The molecule has 38 heavy (non-hydrogen) atoms. The Balaban J connectivity index is 1.08. The maximum absolute atomic E-state index is 14.2. The molecule has 2 aliphatic heterocycles. The molecule has 1 N–H and O–H groups in total. The number of ether oxygens (including phenoxy) is 1. The van der Waals surface area contributed by atoms with Gasteiger partial charge in [-0.25, -0.2) is 27.7 Å². The Kier molecular flexibility index (Phi) is 6.80. The summed E-state index contributed by atoms with van der Waals surface area (Å²) in [5, 5.41) is 3.00. The van der Waals surface area contributed by atoms with Gasteiger partial charge in [-0.1, -0.05) is 24.3 Å². The van der Waals surface area contributed by atoms with E-state index in [0.717, 1.165) is 74.1 Å². The van der Waals surface area contributed by atoms with Crippen molar-refractivity contribution in [2.45, 2.75) is 75.1 Å². The lowest BCUT2D eigenvalue weighted by Crippen LogP contribution is -2.48. The molecule has 4 fully saturated rings. The zero-order valence-corrected chi connectivity index (χ0v) is 21.1. The lowest BCUT2D eigenvalue weighted by atomic mass is 9.81. The van der Waals surface area contributed by atoms with Crippen molar-refractivity contribution in [3.8, 4) is 0 Å². The Bertz CT molecular complexity index is 1210. The first kappa shape index (κ1) is 25.2. The van der Waals surface area contributed by atoms with Gasteiger partial charge in [0.2, 0.25) is 0 Å². The Labute approximate surface area is 220 Å². The molecule has 202 valence electrons. The summed E-state index contributed by atoms with van der Waals surface area (Å²) < 4.78 is 47.4. The molecule has 3 amide bonds. The van der Waals surface area contributed by atoms with Gasteiger partial charge in [0, 0.05) is 25.2 Å². The summed E-state index contributed by atoms with van der Waals surface area (Å²) in [4.78, 5) is 29.6. The van der Waals surface area contributed by atoms with Crippen molar-refractivity contribution in [1.82, 2.24) is 15.1 Å². The van der Waals surface area contributed by atoms with E-state index in [2.05, 4.69) is 10.2 Å². The molecule has 4 aliphatic rings. The summed E-state index contributed by atoms with van der Waals surface area (Å²) in [6.07, 6.45) is 4.96. The predicted octanol–water partition coefficient (Wildman–Crippen LogP) is 5.89. The lowest BCUT2D eigenvalue weighted by molar-refractivity contribution is 0.118. The Hall–Kier alpha value is -3.07. The number of rotatable bonds is 5. The van der Waals surface area contributed by atoms with Gasteiger partial charge in [0.15, 0.2) is 11.6 Å². The predicted molar refractivity (Wildman–Crippen MR) is 134 cm³/mol. The summed E-state index contributed by atoms with van der Waals surface area (Å²) in [5.41, 5.74) is 1.15. The van der Waals surface area contributed by atoms with E-state index in [1.54, 1.807) is 6.07 Å². The van der Waals surface area contributed by atoms with Gasteiger partial charge < -0.3 is 10.1 Å². The quantitative estimate of drug-likeness (QED) is 0.527. The SMILES string of the molecule is O=C(NC1CCN(C2CCC(c3ccccc3F)CC2)C1)N1C(=O)OC(C2CC2)C1c1ccc(F)c(F)c1. The van der Waals surface area contributed by atoms with Crippen LogP contribution in [0.1, 0.15) is 68.0 Å². The largest absolute Gasteiger partial charge is 0.443 e. The van der Waals surface area contributed by atoms with Gasteiger partial charge in [-0.3, -0.25) is 4.90 Å². The maximum Gasteiger partial charge on any atom is 0.419 e. The number of hydrogen-bond acceptors (Lipinski definition) is 4. The van der Waals surface area contributed by atoms with Gasteiger partial charge in [-0.15, -0.1) is 0 Å². The lowest BCUT2D eigenvalue weighted by Gasteiger charge is -2.35. The van der Waals surface area contributed by atoms with E-state index in [1.807, 2.05) is 12.1 Å². The number of halogens is 3. The zero-order valence-electron chi connectivity index (χ0n) is 21.1. The fourth-order valence-electron chi connectivity index (χ4n) is 6.56. The smallest absolute Gasteiger partial charge is 0.419 e. The number of benzene rings is 2. The van der Waals surface area contributed by atoms with Crippen LogP contribution < -0.4 is 5.32 Å². The number of urea groups is 1. The third-order valence-corrected chi connectivity index (χ3v) is 8.72. The molecule has 2 heterocycles. The van der Waals surface area contributed by atoms with Crippen LogP contribution in [0.15, 0.2) is 42.5 Å². The van der Waals surface area contributed by atoms with Crippen LogP contribution in [0.3, 0.4) is 0 Å². The molecule has 6 nitrogen and oxygen atoms in total. The summed E-state index contributed by atoms with van der Waals surface area (Å²) in [5.74, 6) is -1.79. The second kappa shape index (κ2) is 10.2. The molecule has 2 aliphatic carbocycles. The third-order valence-electron chi connectivity index (χ3n) is 8.72. The highest BCUT2D eigenvalue weighted by Gasteiger charge is 2.52. The molecule has 2 saturated carbocycles. The Morgan fingerprint density at radius 3 is 2.37 bits per heavy atom. The van der Waals surface area contributed by atoms with Crippen LogP contribution >= 0.6 is 0 Å². The highest BCUT2D eigenvalue weighted by Crippen LogP contribution is 2.46. The fourth-order valence-corrected chi connectivity index (χ4v) is 6.56. The van der Waals surface area contributed by atoms with E-state index in [4.69, 9.17) is 4.74 Å². The fraction of sp³-hybridized carbons (Fsp3) is 0.517. The van der Waals surface area contributed by atoms with Crippen LogP contribution in [-0.4, -0.2) is 53.2 Å². The van der Waals surface area contributed by atoms with Gasteiger partial charge in [-0.05, 0) is 86.1 Å². The summed E-state index contributed by atoms with van der Waals surface area (Å²) >= 11 is 0. The zero-order chi connectivity index (χ0) is 26.4. The number of imide groups is 1. The first-order chi connectivity index (χ1) is 18.4. The second-order valence-corrected chi connectivity index (χ2v) is 11.1. The number of carbonyl (C=O) groups excluding carboxylic acids is 2. The van der Waals surface area contributed by atoms with Crippen LogP contribution in [0, 0.1) is 23.4 Å². The molecule has 6 rings (SSSR count). The van der Waals surface area contributed by atoms with Crippen LogP contribution in [0.25, 0.3) is 0 Å². The van der Waals surface area contributed by atoms with E-state index in [9.17, 15) is 22.8 Å². The Morgan fingerprint density at radius 1 is 0.895 bits per heavy atom. The molecule has 0 aromatic heterocycles. The normalized spacial score (nSPS) is 29.9. The number of nitrogens with one attached hydrogen (secondary N) is 1. The molecule has 2 aromatic carbocycles. The second-order valence-electron chi connectivity index (χ2n) is 11.1. The van der Waals surface area contributed by atoms with E-state index in [-0.39, 0.29) is 23.7 Å². The highest BCUT2D eigenvalue weighted by molar-refractivity contribution is 5.93. The molecule has 2 saturated heterocycles. The number of cyclic esters (lactones) is 1. The van der Waals surface area contributed by atoms with E-state index in [1.165, 1.54) is 12.1 Å². The average molecular weight is 528 g/mol. The van der Waals surface area contributed by atoms with Crippen molar-refractivity contribution in [2.75, 3.05) is 13.1 Å². The minimum Gasteiger partial charge on any atom is -0.443 e. The van der Waals surface area contributed by atoms with Crippen molar-refractivity contribution in [2.24, 2.45) is 5.92 Å². The van der Waals surface area contributed by atoms with Crippen LogP contribution in [-0.2, 0) is 4.74 Å². The summed E-state index contributed by atoms with van der Waals surface area (Å²) in [7, 11) is 0. The van der Waals surface area contributed by atoms with Crippen molar-refractivity contribution >= 4 is 12.1 Å². The van der Waals surface area contributed by atoms with Crippen LogP contribution in [0.5, 0.6) is 0 Å². The topological polar surface area (TPSA) is 61.9 Å². The number of carbonyl (C=O) groups is 2. The standard InChI is InChI=1S/C29H32F3N3O3/c30-23-4-2-1-3-22(23)17-7-10-21(11-8-17)34-14-13-20(16-34)33-28(36)35-26(19-9-12-24(31)25(32)15-19)27(18-5-6-18)38-29(35)37/h1-4,9,12,15,17-18,20-21,26-27H,5-8,10-11,13-14,16H2,(H,33,36). The van der Waals surface area contributed by atoms with Crippen LogP contribution in [0.4, 0.5) is 22.8 Å². The Morgan fingerprint density at radius 2 is 1.66 bits per heavy atom. The first-order valence-electron chi connectivity index (χ1n) is 13.6. The van der Waals surface area contributed by atoms with Crippen LogP contribution in [0.2, 0.25) is 0 Å². The molecule has 0 radical (unpaired) electrons. The minimum absolute atomic E-state index is 0.108. The molecular formula is C29H32F3N3O3. The minimum atomic E-state index is -1.02. The first-order valence-corrected chi connectivity index (χ1v) is 13.6. The third kappa shape index (κ3) is 4.88. The van der Waals surface area contributed by atoms with Crippen molar-refractivity contribution in [3.05, 3.63) is 71.0 Å². The number of hydrogen-bond donors (Lipinski definition) is 1. The van der Waals surface area contributed by atoms with Gasteiger partial charge >= 0.3 is 12.1 Å². The summed E-state index contributed by atoms with van der Waals surface area (Å²) in [6.45, 7) is 1.51. The molecular weight excluding hydrogens is 495 g/mol. The molecule has 2 aromatic rings. The number of nitrogens with zero attached hydrogens (tertiary/aromatic N) is 2. The molecule has 0 bridgehead atoms. The van der Waals surface area contributed by atoms with Crippen molar-refractivity contribution in [3.63, 3.8) is 0 Å². The molecule has 3 unspecified atom stereocenters.